The lowest BCUT2D eigenvalue weighted by molar-refractivity contribution is 0.101. The Morgan fingerprint density at radius 3 is 2.81 bits per heavy atom. The third-order valence-corrected chi connectivity index (χ3v) is 3.91. The molecule has 6 nitrogen and oxygen atoms in total. The van der Waals surface area contributed by atoms with Gasteiger partial charge in [0, 0.05) is 11.2 Å². The van der Waals surface area contributed by atoms with Crippen LogP contribution >= 0.6 is 23.4 Å². The highest BCUT2D eigenvalue weighted by Gasteiger charge is 2.13. The molecule has 0 saturated carbocycles. The maximum absolute atomic E-state index is 11.9. The number of hydrogen-bond acceptors (Lipinski definition) is 5. The third kappa shape index (κ3) is 3.14. The number of tetrazole rings is 1. The molecule has 0 aliphatic rings. The van der Waals surface area contributed by atoms with Gasteiger partial charge in [0.25, 0.3) is 0 Å². The Bertz CT molecular complexity index is 738. The maximum Gasteiger partial charge on any atom is 0.214 e. The second kappa shape index (κ2) is 6.11. The van der Waals surface area contributed by atoms with Crippen molar-refractivity contribution in [1.82, 2.24) is 25.2 Å². The SMILES string of the molecule is O=C(CSc1nnnn1-c1ccc(Cl)cc1)c1ccc[nH]1. The minimum absolute atomic E-state index is 0.00402. The molecule has 0 unspecified atom stereocenters. The molecule has 0 amide bonds. The molecule has 3 aromatic rings. The van der Waals surface area contributed by atoms with E-state index in [0.717, 1.165) is 5.69 Å². The molecule has 21 heavy (non-hydrogen) atoms. The van der Waals surface area contributed by atoms with Gasteiger partial charge in [-0.15, -0.1) is 5.10 Å². The highest BCUT2D eigenvalue weighted by Crippen LogP contribution is 2.20. The first-order chi connectivity index (χ1) is 10.2. The molecule has 0 bridgehead atoms. The Labute approximate surface area is 129 Å². The summed E-state index contributed by atoms with van der Waals surface area (Å²) >= 11 is 7.14. The first-order valence-corrected chi connectivity index (χ1v) is 7.44. The summed E-state index contributed by atoms with van der Waals surface area (Å²) in [6, 6.07) is 10.7. The third-order valence-electron chi connectivity index (χ3n) is 2.74. The van der Waals surface area contributed by atoms with Crippen LogP contribution in [0.1, 0.15) is 10.5 Å². The van der Waals surface area contributed by atoms with E-state index in [-0.39, 0.29) is 11.5 Å². The van der Waals surface area contributed by atoms with Gasteiger partial charge in [-0.3, -0.25) is 4.79 Å². The Balaban J connectivity index is 1.74. The van der Waals surface area contributed by atoms with Crippen LogP contribution in [-0.2, 0) is 0 Å². The van der Waals surface area contributed by atoms with E-state index >= 15 is 0 Å². The predicted molar refractivity (Wildman–Crippen MR) is 80.0 cm³/mol. The molecule has 3 rings (SSSR count). The number of ketones is 1. The van der Waals surface area contributed by atoms with E-state index in [1.807, 2.05) is 12.1 Å². The van der Waals surface area contributed by atoms with Gasteiger partial charge in [-0.1, -0.05) is 23.4 Å². The second-order valence-electron chi connectivity index (χ2n) is 4.15. The van der Waals surface area contributed by atoms with Crippen LogP contribution in [0.4, 0.5) is 0 Å². The normalized spacial score (nSPS) is 10.7. The number of H-pyrrole nitrogens is 1. The molecule has 8 heteroatoms. The van der Waals surface area contributed by atoms with Crippen molar-refractivity contribution < 1.29 is 4.79 Å². The zero-order valence-electron chi connectivity index (χ0n) is 10.7. The van der Waals surface area contributed by atoms with Crippen LogP contribution in [0.15, 0.2) is 47.8 Å². The van der Waals surface area contributed by atoms with Crippen molar-refractivity contribution in [3.05, 3.63) is 53.3 Å². The van der Waals surface area contributed by atoms with Crippen LogP contribution in [0.25, 0.3) is 5.69 Å². The Morgan fingerprint density at radius 1 is 1.29 bits per heavy atom. The lowest BCUT2D eigenvalue weighted by Crippen LogP contribution is -2.05. The van der Waals surface area contributed by atoms with Gasteiger partial charge in [0.15, 0.2) is 5.78 Å². The molecular weight excluding hydrogens is 310 g/mol. The van der Waals surface area contributed by atoms with Gasteiger partial charge in [-0.2, -0.15) is 4.68 Å². The van der Waals surface area contributed by atoms with Gasteiger partial charge in [0.05, 0.1) is 17.1 Å². The fourth-order valence-corrected chi connectivity index (χ4v) is 2.63. The molecule has 0 saturated heterocycles. The fraction of sp³-hybridized carbons (Fsp3) is 0.0769. The first kappa shape index (κ1) is 13.8. The van der Waals surface area contributed by atoms with E-state index in [0.29, 0.717) is 15.9 Å². The number of nitrogens with one attached hydrogen (secondary N) is 1. The van der Waals surface area contributed by atoms with E-state index < -0.39 is 0 Å². The minimum atomic E-state index is -0.00402. The summed E-state index contributed by atoms with van der Waals surface area (Å²) in [5, 5.41) is 12.7. The number of rotatable bonds is 5. The minimum Gasteiger partial charge on any atom is -0.359 e. The average molecular weight is 320 g/mol. The number of carbonyl (C=O) groups excluding carboxylic acids is 1. The van der Waals surface area contributed by atoms with E-state index in [2.05, 4.69) is 20.5 Å². The largest absolute Gasteiger partial charge is 0.359 e. The number of aromatic nitrogens is 5. The van der Waals surface area contributed by atoms with Crippen molar-refractivity contribution in [2.75, 3.05) is 5.75 Å². The summed E-state index contributed by atoms with van der Waals surface area (Å²) in [5.41, 5.74) is 1.37. The number of hydrogen-bond donors (Lipinski definition) is 1. The standard InChI is InChI=1S/C13H10ClN5OS/c14-9-3-5-10(6-4-9)19-13(16-17-18-19)21-8-12(20)11-2-1-7-15-11/h1-7,15H,8H2. The van der Waals surface area contributed by atoms with Gasteiger partial charge < -0.3 is 4.98 Å². The van der Waals surface area contributed by atoms with Crippen LogP contribution < -0.4 is 0 Å². The highest BCUT2D eigenvalue weighted by molar-refractivity contribution is 7.99. The summed E-state index contributed by atoms with van der Waals surface area (Å²) in [5.74, 6) is 0.254. The van der Waals surface area contributed by atoms with Crippen molar-refractivity contribution in [3.8, 4) is 5.69 Å². The van der Waals surface area contributed by atoms with Gasteiger partial charge >= 0.3 is 0 Å². The summed E-state index contributed by atoms with van der Waals surface area (Å²) in [7, 11) is 0. The van der Waals surface area contributed by atoms with Crippen LogP contribution in [0.3, 0.4) is 0 Å². The van der Waals surface area contributed by atoms with E-state index in [1.165, 1.54) is 11.8 Å². The number of thioether (sulfide) groups is 1. The van der Waals surface area contributed by atoms with Gasteiger partial charge in [-0.05, 0) is 46.8 Å². The Morgan fingerprint density at radius 2 is 2.10 bits per heavy atom. The molecule has 1 N–H and O–H groups in total. The number of carbonyl (C=O) groups is 1. The number of halogens is 1. The van der Waals surface area contributed by atoms with E-state index in [9.17, 15) is 4.79 Å². The molecular formula is C13H10ClN5OS. The lowest BCUT2D eigenvalue weighted by Gasteiger charge is -2.03. The molecule has 0 aliphatic carbocycles. The van der Waals surface area contributed by atoms with Crippen LogP contribution in [-0.4, -0.2) is 36.7 Å². The molecule has 0 atom stereocenters. The lowest BCUT2D eigenvalue weighted by atomic mass is 10.3. The monoisotopic (exact) mass is 319 g/mol. The molecule has 0 spiro atoms. The summed E-state index contributed by atoms with van der Waals surface area (Å²) in [4.78, 5) is 14.8. The zero-order valence-corrected chi connectivity index (χ0v) is 12.3. The number of nitrogens with zero attached hydrogens (tertiary/aromatic N) is 4. The van der Waals surface area contributed by atoms with Gasteiger partial charge in [0.1, 0.15) is 0 Å². The van der Waals surface area contributed by atoms with Crippen LogP contribution in [0.5, 0.6) is 0 Å². The molecule has 1 aromatic carbocycles. The molecule has 2 aromatic heterocycles. The topological polar surface area (TPSA) is 76.5 Å². The summed E-state index contributed by atoms with van der Waals surface area (Å²) in [6.07, 6.45) is 1.72. The van der Waals surface area contributed by atoms with Crippen molar-refractivity contribution in [3.63, 3.8) is 0 Å². The second-order valence-corrected chi connectivity index (χ2v) is 5.52. The summed E-state index contributed by atoms with van der Waals surface area (Å²) in [6.45, 7) is 0. The number of benzene rings is 1. The number of aromatic amines is 1. The van der Waals surface area contributed by atoms with Crippen molar-refractivity contribution in [2.24, 2.45) is 0 Å². The Kier molecular flexibility index (Phi) is 4.03. The van der Waals surface area contributed by atoms with Crippen molar-refractivity contribution in [1.29, 1.82) is 0 Å². The molecule has 106 valence electrons. The van der Waals surface area contributed by atoms with Gasteiger partial charge in [0.2, 0.25) is 5.16 Å². The average Bonchev–Trinajstić information content (AvgIpc) is 3.17. The Hall–Kier alpha value is -2.12. The van der Waals surface area contributed by atoms with Crippen molar-refractivity contribution in [2.45, 2.75) is 5.16 Å². The smallest absolute Gasteiger partial charge is 0.214 e. The predicted octanol–water partition coefficient (Wildman–Crippen LogP) is 2.62. The first-order valence-electron chi connectivity index (χ1n) is 6.08. The van der Waals surface area contributed by atoms with E-state index in [4.69, 9.17) is 11.6 Å². The molecule has 0 radical (unpaired) electrons. The molecule has 2 heterocycles. The van der Waals surface area contributed by atoms with Crippen LogP contribution in [0.2, 0.25) is 5.02 Å². The van der Waals surface area contributed by atoms with E-state index in [1.54, 1.807) is 35.1 Å². The maximum atomic E-state index is 11.9. The molecule has 0 aliphatic heterocycles. The van der Waals surface area contributed by atoms with Crippen LogP contribution in [0, 0.1) is 0 Å². The fourth-order valence-electron chi connectivity index (χ4n) is 1.72. The number of Topliss-reactive ketones (excluding diaryl/α,β-unsaturated/α-hetero) is 1. The van der Waals surface area contributed by atoms with Gasteiger partial charge in [-0.25, -0.2) is 0 Å². The molecule has 0 fully saturated rings. The summed E-state index contributed by atoms with van der Waals surface area (Å²) < 4.78 is 1.57. The highest BCUT2D eigenvalue weighted by atomic mass is 35.5. The van der Waals surface area contributed by atoms with Crippen molar-refractivity contribution >= 4 is 29.1 Å². The quantitative estimate of drug-likeness (QED) is 0.578. The zero-order chi connectivity index (χ0) is 14.7.